The molecule has 2 aromatic carbocycles. The van der Waals surface area contributed by atoms with Crippen LogP contribution in [0, 0.1) is 17.8 Å². The van der Waals surface area contributed by atoms with E-state index >= 15 is 0 Å². The molecular formula is C24H28N2O2. The normalized spacial score (nSPS) is 22.8. The van der Waals surface area contributed by atoms with E-state index in [0.29, 0.717) is 30.1 Å². The van der Waals surface area contributed by atoms with E-state index in [1.165, 1.54) is 31.2 Å². The van der Waals surface area contributed by atoms with Crippen molar-refractivity contribution in [2.75, 3.05) is 11.9 Å². The lowest BCUT2D eigenvalue weighted by atomic mass is 9.86. The second kappa shape index (κ2) is 8.59. The van der Waals surface area contributed by atoms with Gasteiger partial charge in [0.2, 0.25) is 5.91 Å². The van der Waals surface area contributed by atoms with Crippen molar-refractivity contribution >= 4 is 17.5 Å². The van der Waals surface area contributed by atoms with Crippen molar-refractivity contribution in [1.29, 1.82) is 0 Å². The summed E-state index contributed by atoms with van der Waals surface area (Å²) in [6.45, 7) is 0.566. The molecule has 0 saturated heterocycles. The summed E-state index contributed by atoms with van der Waals surface area (Å²) in [7, 11) is 0. The van der Waals surface area contributed by atoms with Gasteiger partial charge in [0.25, 0.3) is 5.91 Å². The van der Waals surface area contributed by atoms with Gasteiger partial charge < -0.3 is 10.6 Å². The molecule has 0 spiro atoms. The monoisotopic (exact) mass is 376 g/mol. The maximum Gasteiger partial charge on any atom is 0.253 e. The molecule has 4 nitrogen and oxygen atoms in total. The Labute approximate surface area is 166 Å². The van der Waals surface area contributed by atoms with Crippen LogP contribution in [0.2, 0.25) is 0 Å². The number of carbonyl (C=O) groups is 2. The van der Waals surface area contributed by atoms with Crippen LogP contribution in [0.25, 0.3) is 0 Å². The van der Waals surface area contributed by atoms with Gasteiger partial charge in [-0.25, -0.2) is 0 Å². The second-order valence-electron chi connectivity index (χ2n) is 8.22. The van der Waals surface area contributed by atoms with Crippen LogP contribution in [0.3, 0.4) is 0 Å². The molecule has 2 aliphatic carbocycles. The van der Waals surface area contributed by atoms with Gasteiger partial charge in [0.1, 0.15) is 0 Å². The number of anilines is 1. The molecule has 0 radical (unpaired) electrons. The molecule has 4 rings (SSSR count). The lowest BCUT2D eigenvalue weighted by Crippen LogP contribution is -2.27. The zero-order chi connectivity index (χ0) is 19.3. The van der Waals surface area contributed by atoms with E-state index in [1.54, 1.807) is 6.07 Å². The van der Waals surface area contributed by atoms with Crippen LogP contribution >= 0.6 is 0 Å². The molecule has 2 aliphatic rings. The highest BCUT2D eigenvalue weighted by Crippen LogP contribution is 2.49. The Kier molecular flexibility index (Phi) is 5.75. The summed E-state index contributed by atoms with van der Waals surface area (Å²) in [5.41, 5.74) is 2.32. The van der Waals surface area contributed by atoms with Gasteiger partial charge in [-0.15, -0.1) is 0 Å². The average molecular weight is 377 g/mol. The number of rotatable bonds is 7. The molecule has 2 amide bonds. The Bertz CT molecular complexity index is 834. The Morgan fingerprint density at radius 1 is 0.929 bits per heavy atom. The van der Waals surface area contributed by atoms with Crippen LogP contribution in [0.4, 0.5) is 5.69 Å². The van der Waals surface area contributed by atoms with Crippen molar-refractivity contribution in [1.82, 2.24) is 5.32 Å². The van der Waals surface area contributed by atoms with Crippen molar-refractivity contribution in [2.24, 2.45) is 17.8 Å². The number of benzene rings is 2. The number of hydrogen-bond donors (Lipinski definition) is 2. The Hall–Kier alpha value is -2.62. The van der Waals surface area contributed by atoms with E-state index in [1.807, 2.05) is 36.4 Å². The summed E-state index contributed by atoms with van der Waals surface area (Å²) in [6, 6.07) is 17.3. The smallest absolute Gasteiger partial charge is 0.253 e. The molecule has 146 valence electrons. The minimum Gasteiger partial charge on any atom is -0.352 e. The minimum absolute atomic E-state index is 0.0297. The molecule has 28 heavy (non-hydrogen) atoms. The molecule has 4 heteroatoms. The van der Waals surface area contributed by atoms with Gasteiger partial charge in [-0.05, 0) is 61.1 Å². The van der Waals surface area contributed by atoms with Crippen molar-refractivity contribution < 1.29 is 9.59 Å². The summed E-state index contributed by atoms with van der Waals surface area (Å²) < 4.78 is 0. The highest BCUT2D eigenvalue weighted by molar-refractivity contribution is 6.03. The first-order valence-electron chi connectivity index (χ1n) is 10.4. The molecule has 0 aliphatic heterocycles. The Morgan fingerprint density at radius 3 is 2.46 bits per heavy atom. The predicted molar refractivity (Wildman–Crippen MR) is 111 cm³/mol. The third-order valence-electron chi connectivity index (χ3n) is 6.32. The van der Waals surface area contributed by atoms with E-state index in [-0.39, 0.29) is 11.8 Å². The summed E-state index contributed by atoms with van der Waals surface area (Å²) in [6.07, 6.45) is 6.48. The maximum atomic E-state index is 12.6. The van der Waals surface area contributed by atoms with Crippen molar-refractivity contribution in [3.05, 3.63) is 65.7 Å². The SMILES string of the molecule is O=C(CC1CC2CCC1C2)Nc1ccccc1C(=O)NCCc1ccccc1. The van der Waals surface area contributed by atoms with Gasteiger partial charge in [-0.3, -0.25) is 9.59 Å². The highest BCUT2D eigenvalue weighted by atomic mass is 16.2. The maximum absolute atomic E-state index is 12.6. The van der Waals surface area contributed by atoms with Crippen molar-refractivity contribution in [3.63, 3.8) is 0 Å². The van der Waals surface area contributed by atoms with Gasteiger partial charge in [-0.2, -0.15) is 0 Å². The molecule has 2 bridgehead atoms. The highest BCUT2D eigenvalue weighted by Gasteiger charge is 2.40. The molecular weight excluding hydrogens is 348 g/mol. The van der Waals surface area contributed by atoms with Gasteiger partial charge in [0.05, 0.1) is 11.3 Å². The van der Waals surface area contributed by atoms with Gasteiger partial charge in [-0.1, -0.05) is 48.9 Å². The topological polar surface area (TPSA) is 58.2 Å². The van der Waals surface area contributed by atoms with Crippen molar-refractivity contribution in [3.8, 4) is 0 Å². The first-order chi connectivity index (χ1) is 13.7. The first kappa shape index (κ1) is 18.7. The summed E-state index contributed by atoms with van der Waals surface area (Å²) in [5, 5.41) is 5.95. The summed E-state index contributed by atoms with van der Waals surface area (Å²) in [4.78, 5) is 25.2. The fourth-order valence-electron chi connectivity index (χ4n) is 4.92. The van der Waals surface area contributed by atoms with Crippen LogP contribution in [0.5, 0.6) is 0 Å². The van der Waals surface area contributed by atoms with E-state index in [0.717, 1.165) is 18.3 Å². The molecule has 2 N–H and O–H groups in total. The first-order valence-corrected chi connectivity index (χ1v) is 10.4. The lowest BCUT2D eigenvalue weighted by Gasteiger charge is -2.21. The van der Waals surface area contributed by atoms with Crippen LogP contribution in [-0.2, 0) is 11.2 Å². The fraction of sp³-hybridized carbons (Fsp3) is 0.417. The third kappa shape index (κ3) is 4.44. The molecule has 2 saturated carbocycles. The summed E-state index contributed by atoms with van der Waals surface area (Å²) in [5.74, 6) is 1.97. The van der Waals surface area contributed by atoms with E-state index in [2.05, 4.69) is 22.8 Å². The van der Waals surface area contributed by atoms with Gasteiger partial charge in [0.15, 0.2) is 0 Å². The quantitative estimate of drug-likeness (QED) is 0.751. The third-order valence-corrected chi connectivity index (χ3v) is 6.32. The van der Waals surface area contributed by atoms with Crippen LogP contribution in [0.15, 0.2) is 54.6 Å². The number of hydrogen-bond acceptors (Lipinski definition) is 2. The molecule has 2 aromatic rings. The van der Waals surface area contributed by atoms with E-state index in [9.17, 15) is 9.59 Å². The predicted octanol–water partition coefficient (Wildman–Crippen LogP) is 4.42. The van der Waals surface area contributed by atoms with Gasteiger partial charge >= 0.3 is 0 Å². The van der Waals surface area contributed by atoms with Gasteiger partial charge in [0, 0.05) is 13.0 Å². The minimum atomic E-state index is -0.147. The standard InChI is InChI=1S/C24H28N2O2/c27-23(16-20-15-18-10-11-19(20)14-18)26-22-9-5-4-8-21(22)24(28)25-13-12-17-6-2-1-3-7-17/h1-9,18-20H,10-16H2,(H,25,28)(H,26,27). The number of para-hydroxylation sites is 1. The van der Waals surface area contributed by atoms with E-state index in [4.69, 9.17) is 0 Å². The Balaban J connectivity index is 1.32. The number of fused-ring (bicyclic) bond motifs is 2. The zero-order valence-corrected chi connectivity index (χ0v) is 16.2. The fourth-order valence-corrected chi connectivity index (χ4v) is 4.92. The lowest BCUT2D eigenvalue weighted by molar-refractivity contribution is -0.117. The van der Waals surface area contributed by atoms with Crippen LogP contribution in [-0.4, -0.2) is 18.4 Å². The second-order valence-corrected chi connectivity index (χ2v) is 8.22. The molecule has 0 aromatic heterocycles. The van der Waals surface area contributed by atoms with Crippen LogP contribution in [0.1, 0.15) is 48.0 Å². The largest absolute Gasteiger partial charge is 0.352 e. The molecule has 0 heterocycles. The molecule has 3 atom stereocenters. The van der Waals surface area contributed by atoms with Crippen molar-refractivity contribution in [2.45, 2.75) is 38.5 Å². The van der Waals surface area contributed by atoms with E-state index < -0.39 is 0 Å². The molecule has 2 fully saturated rings. The Morgan fingerprint density at radius 2 is 1.71 bits per heavy atom. The average Bonchev–Trinajstić information content (AvgIpc) is 3.32. The van der Waals surface area contributed by atoms with Crippen LogP contribution < -0.4 is 10.6 Å². The number of amides is 2. The summed E-state index contributed by atoms with van der Waals surface area (Å²) >= 11 is 0. The number of nitrogens with one attached hydrogen (secondary N) is 2. The molecule has 3 unspecified atom stereocenters. The zero-order valence-electron chi connectivity index (χ0n) is 16.2. The number of carbonyl (C=O) groups excluding carboxylic acids is 2.